The Labute approximate surface area is 261 Å². The van der Waals surface area contributed by atoms with E-state index in [1.807, 2.05) is 18.2 Å². The fourth-order valence-corrected chi connectivity index (χ4v) is 7.47. The molecule has 3 aromatic rings. The molecule has 1 saturated carbocycles. The van der Waals surface area contributed by atoms with Gasteiger partial charge in [0, 0.05) is 42.7 Å². The molecule has 7 heteroatoms. The minimum atomic E-state index is -0.526. The Hall–Kier alpha value is -3.87. The maximum Gasteiger partial charge on any atom is 0.257 e. The number of nitrogens with one attached hydrogen (secondary N) is 2. The van der Waals surface area contributed by atoms with E-state index in [2.05, 4.69) is 46.7 Å². The Morgan fingerprint density at radius 2 is 1.59 bits per heavy atom. The van der Waals surface area contributed by atoms with Crippen LogP contribution in [0.25, 0.3) is 0 Å². The highest BCUT2D eigenvalue weighted by Gasteiger charge is 2.40. The topological polar surface area (TPSA) is 64.7 Å². The molecule has 2 atom stereocenters. The van der Waals surface area contributed by atoms with E-state index in [9.17, 15) is 9.59 Å². The SMILES string of the molecule is CCc1ccc(NC(=O)[C@H]2CCCN(C(=O)c3c(C)cccc3F)C2c2ccc(NC3CCCC3)cc2)cc1N1CCCC1. The molecule has 2 amide bonds. The lowest BCUT2D eigenvalue weighted by atomic mass is 9.83. The second-order valence-corrected chi connectivity index (χ2v) is 12.8. The zero-order valence-corrected chi connectivity index (χ0v) is 26.1. The van der Waals surface area contributed by atoms with Crippen molar-refractivity contribution in [1.29, 1.82) is 0 Å². The third-order valence-electron chi connectivity index (χ3n) is 9.82. The van der Waals surface area contributed by atoms with Gasteiger partial charge in [0.15, 0.2) is 0 Å². The monoisotopic (exact) mass is 596 g/mol. The summed E-state index contributed by atoms with van der Waals surface area (Å²) in [6.07, 6.45) is 9.47. The van der Waals surface area contributed by atoms with Gasteiger partial charge in [-0.3, -0.25) is 9.59 Å². The molecular formula is C37H45FN4O2. The van der Waals surface area contributed by atoms with Crippen LogP contribution in [-0.2, 0) is 11.2 Å². The van der Waals surface area contributed by atoms with Crippen LogP contribution < -0.4 is 15.5 Å². The van der Waals surface area contributed by atoms with Crippen molar-refractivity contribution in [2.24, 2.45) is 5.92 Å². The molecule has 0 aromatic heterocycles. The molecular weight excluding hydrogens is 551 g/mol. The van der Waals surface area contributed by atoms with Gasteiger partial charge in [-0.25, -0.2) is 4.39 Å². The molecule has 3 aromatic carbocycles. The van der Waals surface area contributed by atoms with Crippen LogP contribution in [0.1, 0.15) is 91.4 Å². The van der Waals surface area contributed by atoms with E-state index in [0.29, 0.717) is 31.0 Å². The highest BCUT2D eigenvalue weighted by Crippen LogP contribution is 2.39. The fourth-order valence-electron chi connectivity index (χ4n) is 7.47. The summed E-state index contributed by atoms with van der Waals surface area (Å²) >= 11 is 0. The summed E-state index contributed by atoms with van der Waals surface area (Å²) in [5.41, 5.74) is 5.88. The number of hydrogen-bond donors (Lipinski definition) is 2. The van der Waals surface area contributed by atoms with E-state index in [4.69, 9.17) is 0 Å². The molecule has 2 aliphatic heterocycles. The molecule has 0 radical (unpaired) electrons. The molecule has 0 bridgehead atoms. The van der Waals surface area contributed by atoms with Gasteiger partial charge in [-0.1, -0.05) is 50.1 Å². The van der Waals surface area contributed by atoms with Gasteiger partial charge in [-0.15, -0.1) is 0 Å². The zero-order valence-electron chi connectivity index (χ0n) is 26.1. The van der Waals surface area contributed by atoms with Gasteiger partial charge < -0.3 is 20.4 Å². The number of carbonyl (C=O) groups is 2. The van der Waals surface area contributed by atoms with Crippen molar-refractivity contribution in [1.82, 2.24) is 4.90 Å². The number of hydrogen-bond acceptors (Lipinski definition) is 4. The second-order valence-electron chi connectivity index (χ2n) is 12.8. The highest BCUT2D eigenvalue weighted by atomic mass is 19.1. The summed E-state index contributed by atoms with van der Waals surface area (Å²) in [7, 11) is 0. The lowest BCUT2D eigenvalue weighted by Gasteiger charge is -2.41. The number of carbonyl (C=O) groups excluding carboxylic acids is 2. The molecule has 44 heavy (non-hydrogen) atoms. The van der Waals surface area contributed by atoms with Crippen LogP contribution in [-0.4, -0.2) is 42.4 Å². The number of nitrogens with zero attached hydrogens (tertiary/aromatic N) is 2. The molecule has 6 rings (SSSR count). The van der Waals surface area contributed by atoms with Crippen molar-refractivity contribution in [2.75, 3.05) is 35.2 Å². The minimum Gasteiger partial charge on any atom is -0.382 e. The van der Waals surface area contributed by atoms with Crippen molar-refractivity contribution in [3.8, 4) is 0 Å². The summed E-state index contributed by atoms with van der Waals surface area (Å²) in [6.45, 7) is 6.46. The maximum absolute atomic E-state index is 15.1. The first-order valence-electron chi connectivity index (χ1n) is 16.5. The van der Waals surface area contributed by atoms with Gasteiger partial charge in [0.05, 0.1) is 17.5 Å². The number of likely N-dealkylation sites (tertiary alicyclic amines) is 1. The third-order valence-corrected chi connectivity index (χ3v) is 9.82. The van der Waals surface area contributed by atoms with Crippen molar-refractivity contribution >= 4 is 28.9 Å². The van der Waals surface area contributed by atoms with Crippen molar-refractivity contribution in [3.05, 3.63) is 88.7 Å². The van der Waals surface area contributed by atoms with Crippen LogP contribution in [0.15, 0.2) is 60.7 Å². The number of rotatable bonds is 8. The van der Waals surface area contributed by atoms with E-state index < -0.39 is 17.8 Å². The summed E-state index contributed by atoms with van der Waals surface area (Å²) in [4.78, 5) is 32.3. The molecule has 1 unspecified atom stereocenters. The molecule has 2 saturated heterocycles. The largest absolute Gasteiger partial charge is 0.382 e. The van der Waals surface area contributed by atoms with Crippen LogP contribution in [0.5, 0.6) is 0 Å². The Morgan fingerprint density at radius 1 is 0.864 bits per heavy atom. The van der Waals surface area contributed by atoms with Gasteiger partial charge >= 0.3 is 0 Å². The summed E-state index contributed by atoms with van der Waals surface area (Å²) in [5, 5.41) is 6.85. The summed E-state index contributed by atoms with van der Waals surface area (Å²) < 4.78 is 15.1. The minimum absolute atomic E-state index is 0.0866. The first-order valence-corrected chi connectivity index (χ1v) is 16.5. The van der Waals surface area contributed by atoms with E-state index in [0.717, 1.165) is 36.4 Å². The highest BCUT2D eigenvalue weighted by molar-refractivity contribution is 5.98. The molecule has 232 valence electrons. The lowest BCUT2D eigenvalue weighted by Crippen LogP contribution is -2.46. The van der Waals surface area contributed by atoms with Crippen LogP contribution in [0.3, 0.4) is 0 Å². The fraction of sp³-hybridized carbons (Fsp3) is 0.459. The molecule has 2 heterocycles. The molecule has 1 aliphatic carbocycles. The number of piperidine rings is 1. The second kappa shape index (κ2) is 13.4. The number of aryl methyl sites for hydroxylation is 2. The maximum atomic E-state index is 15.1. The third kappa shape index (κ3) is 6.33. The zero-order chi connectivity index (χ0) is 30.6. The van der Waals surface area contributed by atoms with Crippen molar-refractivity contribution in [2.45, 2.75) is 83.7 Å². The quantitative estimate of drug-likeness (QED) is 0.278. The standard InChI is InChI=1S/C37H45FN4O2/c1-3-26-15-20-30(24-33(26)41-21-6-7-22-41)40-36(43)31-13-9-23-42(37(44)34-25(2)10-8-14-32(34)38)35(31)27-16-18-29(19-17-27)39-28-11-4-5-12-28/h8,10,14-20,24,28,31,35,39H,3-7,9,11-13,21-23H2,1-2H3,(H,40,43)/t31-,35?/m0/s1. The molecule has 0 spiro atoms. The molecule has 2 N–H and O–H groups in total. The average molecular weight is 597 g/mol. The number of halogens is 1. The summed E-state index contributed by atoms with van der Waals surface area (Å²) in [6, 6.07) is 19.1. The van der Waals surface area contributed by atoms with Gasteiger partial charge in [0.1, 0.15) is 5.82 Å². The van der Waals surface area contributed by atoms with Crippen LogP contribution in [0.2, 0.25) is 0 Å². The lowest BCUT2D eigenvalue weighted by molar-refractivity contribution is -0.123. The van der Waals surface area contributed by atoms with Crippen LogP contribution in [0, 0.1) is 18.7 Å². The number of anilines is 3. The smallest absolute Gasteiger partial charge is 0.257 e. The Kier molecular flexibility index (Phi) is 9.20. The Morgan fingerprint density at radius 3 is 2.30 bits per heavy atom. The van der Waals surface area contributed by atoms with E-state index in [1.54, 1.807) is 24.0 Å². The van der Waals surface area contributed by atoms with E-state index in [1.165, 1.54) is 55.8 Å². The number of benzene rings is 3. The number of amides is 2. The molecule has 3 fully saturated rings. The molecule has 3 aliphatic rings. The predicted molar refractivity (Wildman–Crippen MR) is 176 cm³/mol. The van der Waals surface area contributed by atoms with Gasteiger partial charge in [0.25, 0.3) is 5.91 Å². The van der Waals surface area contributed by atoms with Crippen molar-refractivity contribution < 1.29 is 14.0 Å². The molecule has 6 nitrogen and oxygen atoms in total. The Bertz CT molecular complexity index is 1460. The van der Waals surface area contributed by atoms with Crippen LogP contribution in [0.4, 0.5) is 21.5 Å². The Balaban J connectivity index is 1.31. The van der Waals surface area contributed by atoms with E-state index >= 15 is 4.39 Å². The van der Waals surface area contributed by atoms with Crippen molar-refractivity contribution in [3.63, 3.8) is 0 Å². The normalized spacial score (nSPS) is 20.6. The van der Waals surface area contributed by atoms with Crippen LogP contribution >= 0.6 is 0 Å². The average Bonchev–Trinajstić information content (AvgIpc) is 3.76. The van der Waals surface area contributed by atoms with Gasteiger partial charge in [-0.2, -0.15) is 0 Å². The first kappa shape index (κ1) is 30.2. The van der Waals surface area contributed by atoms with Gasteiger partial charge in [-0.05, 0) is 98.9 Å². The summed E-state index contributed by atoms with van der Waals surface area (Å²) in [5.74, 6) is -1.47. The van der Waals surface area contributed by atoms with E-state index in [-0.39, 0.29) is 17.4 Å². The first-order chi connectivity index (χ1) is 21.4. The predicted octanol–water partition coefficient (Wildman–Crippen LogP) is 7.88. The van der Waals surface area contributed by atoms with Gasteiger partial charge in [0.2, 0.25) is 5.91 Å².